The van der Waals surface area contributed by atoms with Crippen LogP contribution in [0.25, 0.3) is 6.08 Å². The first kappa shape index (κ1) is 9.02. The molecule has 0 aromatic heterocycles. The molecule has 0 spiro atoms. The van der Waals surface area contributed by atoms with Gasteiger partial charge in [0, 0.05) is 11.6 Å². The van der Waals surface area contributed by atoms with Gasteiger partial charge < -0.3 is 4.74 Å². The molecule has 0 radical (unpaired) electrons. The van der Waals surface area contributed by atoms with Gasteiger partial charge >= 0.3 is 0 Å². The molecule has 0 unspecified atom stereocenters. The van der Waals surface area contributed by atoms with E-state index in [-0.39, 0.29) is 12.3 Å². The molecule has 0 N–H and O–H groups in total. The van der Waals surface area contributed by atoms with Crippen LogP contribution >= 0.6 is 11.6 Å². The second-order valence-electron chi connectivity index (χ2n) is 2.84. The number of benzene rings is 1. The maximum atomic E-state index is 10.5. The molecule has 1 aromatic rings. The van der Waals surface area contributed by atoms with E-state index in [9.17, 15) is 10.1 Å². The predicted octanol–water partition coefficient (Wildman–Crippen LogP) is 2.35. The van der Waals surface area contributed by atoms with Crippen molar-refractivity contribution < 1.29 is 9.66 Å². The van der Waals surface area contributed by atoms with Crippen LogP contribution in [-0.2, 0) is 0 Å². The van der Waals surface area contributed by atoms with Gasteiger partial charge in [0.15, 0.2) is 6.61 Å². The Morgan fingerprint density at radius 2 is 2.29 bits per heavy atom. The van der Waals surface area contributed by atoms with Crippen LogP contribution in [0.1, 0.15) is 5.56 Å². The quantitative estimate of drug-likeness (QED) is 0.529. The molecule has 14 heavy (non-hydrogen) atoms. The summed E-state index contributed by atoms with van der Waals surface area (Å²) in [6.07, 6.45) is 1.48. The number of rotatable bonds is 1. The summed E-state index contributed by atoms with van der Waals surface area (Å²) in [7, 11) is 0. The summed E-state index contributed by atoms with van der Waals surface area (Å²) in [4.78, 5) is 10.0. The second kappa shape index (κ2) is 3.31. The normalized spacial score (nSPS) is 13.9. The average molecular weight is 212 g/mol. The zero-order chi connectivity index (χ0) is 10.1. The van der Waals surface area contributed by atoms with E-state index in [1.807, 2.05) is 0 Å². The van der Waals surface area contributed by atoms with Crippen molar-refractivity contribution in [3.05, 3.63) is 44.6 Å². The van der Waals surface area contributed by atoms with Crippen LogP contribution in [0.3, 0.4) is 0 Å². The summed E-state index contributed by atoms with van der Waals surface area (Å²) in [6, 6.07) is 5.14. The van der Waals surface area contributed by atoms with E-state index < -0.39 is 4.92 Å². The lowest BCUT2D eigenvalue weighted by molar-refractivity contribution is -0.427. The van der Waals surface area contributed by atoms with Crippen molar-refractivity contribution in [3.8, 4) is 5.75 Å². The standard InChI is InChI=1S/C9H6ClNO3/c10-8-3-1-2-6-4-7(11(12)13)5-14-9(6)8/h1-4H,5H2. The van der Waals surface area contributed by atoms with Gasteiger partial charge in [0.25, 0.3) is 5.70 Å². The van der Waals surface area contributed by atoms with Crippen LogP contribution in [-0.4, -0.2) is 11.5 Å². The molecule has 0 saturated heterocycles. The van der Waals surface area contributed by atoms with Crippen LogP contribution in [0, 0.1) is 10.1 Å². The third-order valence-electron chi connectivity index (χ3n) is 1.92. The van der Waals surface area contributed by atoms with E-state index in [0.29, 0.717) is 16.3 Å². The molecule has 0 saturated carbocycles. The van der Waals surface area contributed by atoms with Crippen LogP contribution in [0.4, 0.5) is 0 Å². The van der Waals surface area contributed by atoms with E-state index in [1.165, 1.54) is 6.08 Å². The number of nitrogens with zero attached hydrogens (tertiary/aromatic N) is 1. The number of fused-ring (bicyclic) bond motifs is 1. The smallest absolute Gasteiger partial charge is 0.284 e. The first-order valence-corrected chi connectivity index (χ1v) is 4.32. The second-order valence-corrected chi connectivity index (χ2v) is 3.25. The lowest BCUT2D eigenvalue weighted by Crippen LogP contribution is -2.13. The molecule has 72 valence electrons. The highest BCUT2D eigenvalue weighted by molar-refractivity contribution is 6.32. The molecule has 0 aliphatic carbocycles. The lowest BCUT2D eigenvalue weighted by atomic mass is 10.1. The van der Waals surface area contributed by atoms with E-state index in [0.717, 1.165) is 0 Å². The monoisotopic (exact) mass is 211 g/mol. The van der Waals surface area contributed by atoms with Gasteiger partial charge in [0.2, 0.25) is 0 Å². The molecule has 2 rings (SSSR count). The molecule has 0 amide bonds. The molecule has 1 aliphatic rings. The molecule has 0 fully saturated rings. The Bertz CT molecular complexity index is 428. The maximum Gasteiger partial charge on any atom is 0.284 e. The summed E-state index contributed by atoms with van der Waals surface area (Å²) in [6.45, 7) is -0.0380. The average Bonchev–Trinajstić information content (AvgIpc) is 2.17. The maximum absolute atomic E-state index is 10.5. The Morgan fingerprint density at radius 3 is 3.00 bits per heavy atom. The molecule has 4 nitrogen and oxygen atoms in total. The van der Waals surface area contributed by atoms with Gasteiger partial charge in [0.05, 0.1) is 9.95 Å². The van der Waals surface area contributed by atoms with Gasteiger partial charge in [-0.15, -0.1) is 0 Å². The highest BCUT2D eigenvalue weighted by atomic mass is 35.5. The lowest BCUT2D eigenvalue weighted by Gasteiger charge is -2.13. The SMILES string of the molecule is O=[N+]([O-])C1=Cc2cccc(Cl)c2OC1. The number of hydrogen-bond acceptors (Lipinski definition) is 3. The third-order valence-corrected chi connectivity index (χ3v) is 2.22. The van der Waals surface area contributed by atoms with Crippen LogP contribution in [0.5, 0.6) is 5.75 Å². The highest BCUT2D eigenvalue weighted by Crippen LogP contribution is 2.33. The fourth-order valence-corrected chi connectivity index (χ4v) is 1.50. The summed E-state index contributed by atoms with van der Waals surface area (Å²) < 4.78 is 5.19. The minimum absolute atomic E-state index is 0.0380. The minimum atomic E-state index is -0.455. The Labute approximate surface area is 84.9 Å². The Kier molecular flexibility index (Phi) is 2.13. The van der Waals surface area contributed by atoms with Crippen molar-refractivity contribution in [2.45, 2.75) is 0 Å². The first-order chi connectivity index (χ1) is 6.68. The van der Waals surface area contributed by atoms with Gasteiger partial charge in [-0.1, -0.05) is 23.7 Å². The van der Waals surface area contributed by atoms with Crippen molar-refractivity contribution in [2.24, 2.45) is 0 Å². The summed E-state index contributed by atoms with van der Waals surface area (Å²) in [5.41, 5.74) is 0.690. The predicted molar refractivity (Wildman–Crippen MR) is 51.9 cm³/mol. The molecule has 1 heterocycles. The number of halogens is 1. The van der Waals surface area contributed by atoms with Crippen molar-refractivity contribution in [2.75, 3.05) is 6.61 Å². The van der Waals surface area contributed by atoms with Crippen LogP contribution in [0.2, 0.25) is 5.02 Å². The Balaban J connectivity index is 2.50. The van der Waals surface area contributed by atoms with Crippen molar-refractivity contribution >= 4 is 17.7 Å². The van der Waals surface area contributed by atoms with E-state index in [1.54, 1.807) is 18.2 Å². The number of ether oxygens (including phenoxy) is 1. The fraction of sp³-hybridized carbons (Fsp3) is 0.111. The minimum Gasteiger partial charge on any atom is -0.480 e. The molecular formula is C9H6ClNO3. The number of para-hydroxylation sites is 1. The zero-order valence-corrected chi connectivity index (χ0v) is 7.82. The van der Waals surface area contributed by atoms with E-state index >= 15 is 0 Å². The van der Waals surface area contributed by atoms with E-state index in [2.05, 4.69) is 0 Å². The molecule has 0 bridgehead atoms. The highest BCUT2D eigenvalue weighted by Gasteiger charge is 2.20. The number of nitro groups is 1. The van der Waals surface area contributed by atoms with Gasteiger partial charge in [-0.25, -0.2) is 0 Å². The number of hydrogen-bond donors (Lipinski definition) is 0. The van der Waals surface area contributed by atoms with E-state index in [4.69, 9.17) is 16.3 Å². The van der Waals surface area contributed by atoms with Crippen LogP contribution < -0.4 is 4.74 Å². The van der Waals surface area contributed by atoms with Gasteiger partial charge in [-0.05, 0) is 6.07 Å². The first-order valence-electron chi connectivity index (χ1n) is 3.95. The third kappa shape index (κ3) is 1.44. The topological polar surface area (TPSA) is 52.4 Å². The summed E-state index contributed by atoms with van der Waals surface area (Å²) >= 11 is 5.85. The van der Waals surface area contributed by atoms with Crippen molar-refractivity contribution in [3.63, 3.8) is 0 Å². The van der Waals surface area contributed by atoms with Crippen molar-refractivity contribution in [1.82, 2.24) is 0 Å². The largest absolute Gasteiger partial charge is 0.480 e. The molecule has 0 atom stereocenters. The van der Waals surface area contributed by atoms with Gasteiger partial charge in [-0.3, -0.25) is 10.1 Å². The Hall–Kier alpha value is -1.55. The van der Waals surface area contributed by atoms with Gasteiger partial charge in [-0.2, -0.15) is 0 Å². The summed E-state index contributed by atoms with van der Waals surface area (Å²) in [5, 5.41) is 10.9. The summed E-state index contributed by atoms with van der Waals surface area (Å²) in [5.74, 6) is 0.514. The van der Waals surface area contributed by atoms with Crippen molar-refractivity contribution in [1.29, 1.82) is 0 Å². The molecule has 5 heteroatoms. The fourth-order valence-electron chi connectivity index (χ4n) is 1.26. The molecule has 1 aliphatic heterocycles. The van der Waals surface area contributed by atoms with Crippen LogP contribution in [0.15, 0.2) is 23.9 Å². The zero-order valence-electron chi connectivity index (χ0n) is 7.07. The Morgan fingerprint density at radius 1 is 1.50 bits per heavy atom. The molecular weight excluding hydrogens is 206 g/mol. The van der Waals surface area contributed by atoms with Gasteiger partial charge in [0.1, 0.15) is 5.75 Å². The molecule has 1 aromatic carbocycles.